The number of rotatable bonds is 7. The van der Waals surface area contributed by atoms with E-state index in [2.05, 4.69) is 5.32 Å². The normalized spacial score (nSPS) is 14.5. The summed E-state index contributed by atoms with van der Waals surface area (Å²) >= 11 is 7.50. The highest BCUT2D eigenvalue weighted by atomic mass is 35.5. The van der Waals surface area contributed by atoms with E-state index in [4.69, 9.17) is 11.6 Å². The number of fused-ring (bicyclic) bond motifs is 1. The van der Waals surface area contributed by atoms with Crippen molar-refractivity contribution in [2.75, 3.05) is 25.2 Å². The Hall–Kier alpha value is -3.06. The molecule has 0 atom stereocenters. The number of amides is 2. The zero-order valence-corrected chi connectivity index (χ0v) is 19.8. The van der Waals surface area contributed by atoms with Crippen molar-refractivity contribution in [1.29, 1.82) is 0 Å². The van der Waals surface area contributed by atoms with Crippen LogP contribution in [0.5, 0.6) is 0 Å². The molecule has 0 unspecified atom stereocenters. The largest absolute Gasteiger partial charge is 0.342 e. The van der Waals surface area contributed by atoms with E-state index in [1.807, 2.05) is 90.8 Å². The molecular weight excluding hydrogens is 454 g/mol. The van der Waals surface area contributed by atoms with Crippen LogP contribution in [0.25, 0.3) is 6.08 Å². The molecule has 1 aliphatic rings. The van der Waals surface area contributed by atoms with Crippen molar-refractivity contribution in [1.82, 2.24) is 10.2 Å². The molecule has 5 nitrogen and oxygen atoms in total. The van der Waals surface area contributed by atoms with Gasteiger partial charge in [0.15, 0.2) is 0 Å². The molecule has 0 aliphatic carbocycles. The van der Waals surface area contributed by atoms with E-state index in [0.29, 0.717) is 16.6 Å². The molecule has 33 heavy (non-hydrogen) atoms. The van der Waals surface area contributed by atoms with E-state index in [9.17, 15) is 9.59 Å². The summed E-state index contributed by atoms with van der Waals surface area (Å²) in [7, 11) is 1.94. The molecule has 0 spiro atoms. The van der Waals surface area contributed by atoms with Crippen molar-refractivity contribution in [2.45, 2.75) is 11.4 Å². The minimum atomic E-state index is -0.216. The van der Waals surface area contributed by atoms with E-state index < -0.39 is 0 Å². The second kappa shape index (κ2) is 10.7. The lowest BCUT2D eigenvalue weighted by Gasteiger charge is -2.30. The van der Waals surface area contributed by atoms with Gasteiger partial charge < -0.3 is 5.32 Å². The summed E-state index contributed by atoms with van der Waals surface area (Å²) in [4.78, 5) is 31.1. The topological polar surface area (TPSA) is 52.7 Å². The molecule has 0 aromatic heterocycles. The Morgan fingerprint density at radius 3 is 2.61 bits per heavy atom. The first-order valence-electron chi connectivity index (χ1n) is 10.5. The van der Waals surface area contributed by atoms with E-state index in [1.165, 1.54) is 22.2 Å². The maximum absolute atomic E-state index is 13.3. The molecule has 1 N–H and O–H groups in total. The summed E-state index contributed by atoms with van der Waals surface area (Å²) in [5, 5.41) is 3.53. The smallest absolute Gasteiger partial charge is 0.265 e. The molecule has 1 heterocycles. The molecule has 168 valence electrons. The van der Waals surface area contributed by atoms with E-state index >= 15 is 0 Å². The molecule has 0 fully saturated rings. The van der Waals surface area contributed by atoms with Gasteiger partial charge in [-0.3, -0.25) is 19.4 Å². The molecule has 7 heteroatoms. The second-order valence-electron chi connectivity index (χ2n) is 7.78. The Balaban J connectivity index is 1.46. The van der Waals surface area contributed by atoms with Crippen LogP contribution in [0.2, 0.25) is 5.02 Å². The van der Waals surface area contributed by atoms with Crippen molar-refractivity contribution < 1.29 is 9.59 Å². The fourth-order valence-corrected chi connectivity index (χ4v) is 4.80. The SMILES string of the molecule is CN(CNC(=O)CN1C(=O)/C(=C/c2cccc(Cl)c2)Sc2ccccc21)Cc1ccccc1. The lowest BCUT2D eigenvalue weighted by atomic mass is 10.2. The van der Waals surface area contributed by atoms with Crippen molar-refractivity contribution in [3.05, 3.63) is 99.9 Å². The van der Waals surface area contributed by atoms with Crippen LogP contribution >= 0.6 is 23.4 Å². The molecule has 3 aromatic rings. The van der Waals surface area contributed by atoms with Crippen LogP contribution in [-0.2, 0) is 16.1 Å². The summed E-state index contributed by atoms with van der Waals surface area (Å²) in [6.45, 7) is 1.05. The highest BCUT2D eigenvalue weighted by Gasteiger charge is 2.30. The highest BCUT2D eigenvalue weighted by molar-refractivity contribution is 8.04. The Labute approximate surface area is 203 Å². The number of thioether (sulfide) groups is 1. The Kier molecular flexibility index (Phi) is 7.50. The van der Waals surface area contributed by atoms with Gasteiger partial charge in [-0.05, 0) is 48.5 Å². The lowest BCUT2D eigenvalue weighted by molar-refractivity contribution is -0.122. The average Bonchev–Trinajstić information content (AvgIpc) is 2.81. The van der Waals surface area contributed by atoms with Crippen molar-refractivity contribution in [3.8, 4) is 0 Å². The summed E-state index contributed by atoms with van der Waals surface area (Å²) in [5.41, 5.74) is 2.75. The van der Waals surface area contributed by atoms with Gasteiger partial charge in [0.25, 0.3) is 5.91 Å². The number of hydrogen-bond donors (Lipinski definition) is 1. The van der Waals surface area contributed by atoms with Crippen LogP contribution in [0.3, 0.4) is 0 Å². The van der Waals surface area contributed by atoms with Gasteiger partial charge in [-0.1, -0.05) is 78.0 Å². The second-order valence-corrected chi connectivity index (χ2v) is 9.30. The molecule has 0 bridgehead atoms. The summed E-state index contributed by atoms with van der Waals surface area (Å²) in [6.07, 6.45) is 1.81. The number of carbonyl (C=O) groups is 2. The van der Waals surface area contributed by atoms with E-state index in [0.717, 1.165) is 22.7 Å². The van der Waals surface area contributed by atoms with Gasteiger partial charge in [0.2, 0.25) is 5.91 Å². The fraction of sp³-hybridized carbons (Fsp3) is 0.154. The molecule has 4 rings (SSSR count). The van der Waals surface area contributed by atoms with Crippen LogP contribution in [0.15, 0.2) is 88.7 Å². The summed E-state index contributed by atoms with van der Waals surface area (Å²) < 4.78 is 0. The zero-order chi connectivity index (χ0) is 23.2. The molecule has 0 saturated heterocycles. The predicted octanol–water partition coefficient (Wildman–Crippen LogP) is 5.03. The number of carbonyl (C=O) groups excluding carboxylic acids is 2. The Morgan fingerprint density at radius 1 is 1.06 bits per heavy atom. The van der Waals surface area contributed by atoms with Gasteiger partial charge >= 0.3 is 0 Å². The van der Waals surface area contributed by atoms with Gasteiger partial charge in [-0.2, -0.15) is 0 Å². The zero-order valence-electron chi connectivity index (χ0n) is 18.2. The maximum atomic E-state index is 13.3. The number of hydrogen-bond acceptors (Lipinski definition) is 4. The first-order valence-corrected chi connectivity index (χ1v) is 11.7. The van der Waals surface area contributed by atoms with Gasteiger partial charge in [-0.15, -0.1) is 0 Å². The Bertz CT molecular complexity index is 1180. The van der Waals surface area contributed by atoms with Crippen LogP contribution < -0.4 is 10.2 Å². The first kappa shape index (κ1) is 23.1. The lowest BCUT2D eigenvalue weighted by Crippen LogP contribution is -2.45. The number of halogens is 1. The predicted molar refractivity (Wildman–Crippen MR) is 135 cm³/mol. The number of anilines is 1. The molecular formula is C26H24ClN3O2S. The third kappa shape index (κ3) is 6.05. The minimum absolute atomic E-state index is 0.0531. The van der Waals surface area contributed by atoms with Crippen LogP contribution in [-0.4, -0.2) is 37.0 Å². The van der Waals surface area contributed by atoms with Gasteiger partial charge in [0, 0.05) is 16.5 Å². The maximum Gasteiger partial charge on any atom is 0.265 e. The fourth-order valence-electron chi connectivity index (χ4n) is 3.54. The molecule has 0 saturated carbocycles. The average molecular weight is 478 g/mol. The molecule has 1 aliphatic heterocycles. The van der Waals surface area contributed by atoms with E-state index in [1.54, 1.807) is 6.07 Å². The van der Waals surface area contributed by atoms with Crippen molar-refractivity contribution >= 4 is 46.9 Å². The monoisotopic (exact) mass is 477 g/mol. The summed E-state index contributed by atoms with van der Waals surface area (Å²) in [5.74, 6) is -0.418. The third-order valence-corrected chi connectivity index (χ3v) is 6.43. The number of nitrogens with zero attached hydrogens (tertiary/aromatic N) is 2. The molecule has 3 aromatic carbocycles. The van der Waals surface area contributed by atoms with Crippen LogP contribution in [0.4, 0.5) is 5.69 Å². The third-order valence-electron chi connectivity index (χ3n) is 5.12. The standard InChI is InChI=1S/C26H24ClN3O2S/c1-29(16-19-8-3-2-4-9-19)18-28-25(31)17-30-22-12-5-6-13-23(22)33-24(26(30)32)15-20-10-7-11-21(27)14-20/h2-15H,16-18H2,1H3,(H,28,31)/b24-15-. The highest BCUT2D eigenvalue weighted by Crippen LogP contribution is 2.41. The molecule has 0 radical (unpaired) electrons. The summed E-state index contributed by atoms with van der Waals surface area (Å²) in [6, 6.07) is 25.0. The number of nitrogens with one attached hydrogen (secondary N) is 1. The van der Waals surface area contributed by atoms with Crippen molar-refractivity contribution in [3.63, 3.8) is 0 Å². The van der Waals surface area contributed by atoms with Crippen LogP contribution in [0, 0.1) is 0 Å². The van der Waals surface area contributed by atoms with Gasteiger partial charge in [-0.25, -0.2) is 0 Å². The number of benzene rings is 3. The number of para-hydroxylation sites is 1. The van der Waals surface area contributed by atoms with Crippen LogP contribution in [0.1, 0.15) is 11.1 Å². The first-order chi connectivity index (χ1) is 16.0. The van der Waals surface area contributed by atoms with E-state index in [-0.39, 0.29) is 18.4 Å². The van der Waals surface area contributed by atoms with Crippen molar-refractivity contribution in [2.24, 2.45) is 0 Å². The molecule has 2 amide bonds. The Morgan fingerprint density at radius 2 is 1.82 bits per heavy atom. The minimum Gasteiger partial charge on any atom is -0.342 e. The van der Waals surface area contributed by atoms with Gasteiger partial charge in [0.05, 0.1) is 17.3 Å². The quantitative estimate of drug-likeness (QED) is 0.383. The van der Waals surface area contributed by atoms with Gasteiger partial charge in [0.1, 0.15) is 6.54 Å².